The van der Waals surface area contributed by atoms with Gasteiger partial charge in [0.05, 0.1) is 4.90 Å². The van der Waals surface area contributed by atoms with Gasteiger partial charge in [0, 0.05) is 19.6 Å². The van der Waals surface area contributed by atoms with Gasteiger partial charge in [0.25, 0.3) is 0 Å². The third-order valence-corrected chi connectivity index (χ3v) is 5.35. The summed E-state index contributed by atoms with van der Waals surface area (Å²) in [6.45, 7) is 4.17. The molecule has 1 heterocycles. The van der Waals surface area contributed by atoms with Crippen LogP contribution in [0.4, 0.5) is 0 Å². The molecule has 112 valence electrons. The van der Waals surface area contributed by atoms with E-state index in [9.17, 15) is 8.42 Å². The Bertz CT molecular complexity index is 528. The molecule has 1 saturated heterocycles. The molecule has 20 heavy (non-hydrogen) atoms. The van der Waals surface area contributed by atoms with Gasteiger partial charge in [-0.3, -0.25) is 0 Å². The summed E-state index contributed by atoms with van der Waals surface area (Å²) >= 11 is 0. The summed E-state index contributed by atoms with van der Waals surface area (Å²) in [5.74, 6) is 1.06. The van der Waals surface area contributed by atoms with E-state index >= 15 is 0 Å². The van der Waals surface area contributed by atoms with E-state index in [-0.39, 0.29) is 0 Å². The second-order valence-corrected chi connectivity index (χ2v) is 7.16. The van der Waals surface area contributed by atoms with Gasteiger partial charge in [-0.1, -0.05) is 6.92 Å². The molecule has 0 bridgehead atoms. The van der Waals surface area contributed by atoms with Gasteiger partial charge < -0.3 is 10.5 Å². The highest BCUT2D eigenvalue weighted by molar-refractivity contribution is 7.89. The van der Waals surface area contributed by atoms with Crippen molar-refractivity contribution >= 4 is 10.0 Å². The Morgan fingerprint density at radius 2 is 2.05 bits per heavy atom. The molecule has 0 amide bonds. The first-order valence-corrected chi connectivity index (χ1v) is 8.41. The second-order valence-electron chi connectivity index (χ2n) is 5.22. The van der Waals surface area contributed by atoms with Gasteiger partial charge in [0.2, 0.25) is 10.0 Å². The summed E-state index contributed by atoms with van der Waals surface area (Å²) in [5, 5.41) is 0. The van der Waals surface area contributed by atoms with Crippen molar-refractivity contribution in [3.63, 3.8) is 0 Å². The first kappa shape index (κ1) is 15.3. The molecule has 1 aromatic rings. The zero-order chi connectivity index (χ0) is 14.6. The molecule has 1 aliphatic heterocycles. The van der Waals surface area contributed by atoms with E-state index in [1.54, 1.807) is 28.6 Å². The van der Waals surface area contributed by atoms with Gasteiger partial charge in [0.1, 0.15) is 12.4 Å². The number of nitrogens with zero attached hydrogens (tertiary/aromatic N) is 1. The van der Waals surface area contributed by atoms with Gasteiger partial charge >= 0.3 is 0 Å². The predicted octanol–water partition coefficient (Wildman–Crippen LogP) is 1.44. The number of nitrogens with two attached hydrogens (primary N) is 1. The molecule has 1 aromatic carbocycles. The van der Waals surface area contributed by atoms with Gasteiger partial charge in [0.15, 0.2) is 0 Å². The molecular formula is C14H22N2O3S. The quantitative estimate of drug-likeness (QED) is 0.893. The molecule has 0 aromatic heterocycles. The topological polar surface area (TPSA) is 72.6 Å². The molecule has 1 aliphatic rings. The van der Waals surface area contributed by atoms with Crippen LogP contribution < -0.4 is 10.5 Å². The molecule has 1 atom stereocenters. The maximum atomic E-state index is 12.5. The molecule has 2 rings (SSSR count). The number of benzene rings is 1. The number of sulfonamides is 1. The van der Waals surface area contributed by atoms with Crippen LogP contribution >= 0.6 is 0 Å². The molecular weight excluding hydrogens is 276 g/mol. The van der Waals surface area contributed by atoms with E-state index in [0.717, 1.165) is 12.8 Å². The Hall–Kier alpha value is -1.11. The van der Waals surface area contributed by atoms with E-state index < -0.39 is 10.0 Å². The molecule has 1 unspecified atom stereocenters. The van der Waals surface area contributed by atoms with Crippen LogP contribution in [0.25, 0.3) is 0 Å². The number of hydrogen-bond donors (Lipinski definition) is 1. The Labute approximate surface area is 120 Å². The summed E-state index contributed by atoms with van der Waals surface area (Å²) in [7, 11) is -3.38. The van der Waals surface area contributed by atoms with Crippen molar-refractivity contribution in [1.82, 2.24) is 4.31 Å². The lowest BCUT2D eigenvalue weighted by atomic mass is 10.0. The third kappa shape index (κ3) is 3.50. The minimum Gasteiger partial charge on any atom is -0.492 e. The highest BCUT2D eigenvalue weighted by atomic mass is 32.2. The molecule has 0 radical (unpaired) electrons. The van der Waals surface area contributed by atoms with Crippen LogP contribution in [0.1, 0.15) is 19.8 Å². The number of ether oxygens (including phenoxy) is 1. The van der Waals surface area contributed by atoms with Crippen molar-refractivity contribution in [3.05, 3.63) is 24.3 Å². The minimum atomic E-state index is -3.38. The smallest absolute Gasteiger partial charge is 0.243 e. The lowest BCUT2D eigenvalue weighted by molar-refractivity contribution is 0.281. The van der Waals surface area contributed by atoms with Crippen molar-refractivity contribution in [2.75, 3.05) is 26.2 Å². The van der Waals surface area contributed by atoms with Crippen LogP contribution in [-0.4, -0.2) is 39.0 Å². The minimum absolute atomic E-state index is 0.326. The normalized spacial score (nSPS) is 20.8. The highest BCUT2D eigenvalue weighted by Gasteiger charge is 2.28. The Morgan fingerprint density at radius 1 is 1.35 bits per heavy atom. The molecule has 2 N–H and O–H groups in total. The van der Waals surface area contributed by atoms with Crippen LogP contribution in [-0.2, 0) is 10.0 Å². The molecule has 1 fully saturated rings. The van der Waals surface area contributed by atoms with Gasteiger partial charge in [-0.05, 0) is 43.0 Å². The van der Waals surface area contributed by atoms with Crippen molar-refractivity contribution in [1.29, 1.82) is 0 Å². The summed E-state index contributed by atoms with van der Waals surface area (Å²) < 4.78 is 32.0. The fraction of sp³-hybridized carbons (Fsp3) is 0.571. The van der Waals surface area contributed by atoms with Gasteiger partial charge in [-0.2, -0.15) is 4.31 Å². The van der Waals surface area contributed by atoms with E-state index in [2.05, 4.69) is 6.92 Å². The maximum absolute atomic E-state index is 12.5. The fourth-order valence-corrected chi connectivity index (χ4v) is 4.00. The standard InChI is InChI=1S/C14H22N2O3S/c1-12-3-2-9-16(11-12)20(17,18)14-6-4-13(5-7-14)19-10-8-15/h4-7,12H,2-3,8-11,15H2,1H3. The van der Waals surface area contributed by atoms with Crippen molar-refractivity contribution in [3.8, 4) is 5.75 Å². The monoisotopic (exact) mass is 298 g/mol. The third-order valence-electron chi connectivity index (χ3n) is 3.47. The molecule has 0 saturated carbocycles. The summed E-state index contributed by atoms with van der Waals surface area (Å²) in [4.78, 5) is 0.326. The largest absolute Gasteiger partial charge is 0.492 e. The molecule has 0 spiro atoms. The van der Waals surface area contributed by atoms with Gasteiger partial charge in [-0.15, -0.1) is 0 Å². The summed E-state index contributed by atoms with van der Waals surface area (Å²) in [6.07, 6.45) is 2.02. The SMILES string of the molecule is CC1CCCN(S(=O)(=O)c2ccc(OCCN)cc2)C1. The zero-order valence-electron chi connectivity index (χ0n) is 11.8. The lowest BCUT2D eigenvalue weighted by Crippen LogP contribution is -2.39. The van der Waals surface area contributed by atoms with Crippen LogP contribution in [0.3, 0.4) is 0 Å². The second kappa shape index (κ2) is 6.56. The van der Waals surface area contributed by atoms with Crippen LogP contribution in [0.5, 0.6) is 5.75 Å². The molecule has 5 nitrogen and oxygen atoms in total. The highest BCUT2D eigenvalue weighted by Crippen LogP contribution is 2.24. The number of piperidine rings is 1. The number of rotatable bonds is 5. The van der Waals surface area contributed by atoms with Crippen LogP contribution in [0.15, 0.2) is 29.2 Å². The Kier molecular flexibility index (Phi) is 5.01. The fourth-order valence-electron chi connectivity index (χ4n) is 2.40. The lowest BCUT2D eigenvalue weighted by Gasteiger charge is -2.30. The van der Waals surface area contributed by atoms with E-state index in [4.69, 9.17) is 10.5 Å². The number of hydrogen-bond acceptors (Lipinski definition) is 4. The van der Waals surface area contributed by atoms with Gasteiger partial charge in [-0.25, -0.2) is 8.42 Å². The van der Waals surface area contributed by atoms with Crippen molar-refractivity contribution in [2.45, 2.75) is 24.7 Å². The average molecular weight is 298 g/mol. The van der Waals surface area contributed by atoms with Crippen LogP contribution in [0, 0.1) is 5.92 Å². The van der Waals surface area contributed by atoms with E-state index in [1.807, 2.05) is 0 Å². The molecule has 6 heteroatoms. The maximum Gasteiger partial charge on any atom is 0.243 e. The Morgan fingerprint density at radius 3 is 2.65 bits per heavy atom. The average Bonchev–Trinajstić information content (AvgIpc) is 2.45. The van der Waals surface area contributed by atoms with E-state index in [0.29, 0.717) is 42.8 Å². The predicted molar refractivity (Wildman–Crippen MR) is 78.1 cm³/mol. The van der Waals surface area contributed by atoms with Crippen molar-refractivity contribution in [2.24, 2.45) is 11.7 Å². The summed E-state index contributed by atoms with van der Waals surface area (Å²) in [6, 6.07) is 6.55. The van der Waals surface area contributed by atoms with Crippen LogP contribution in [0.2, 0.25) is 0 Å². The zero-order valence-corrected chi connectivity index (χ0v) is 12.6. The summed E-state index contributed by atoms with van der Waals surface area (Å²) in [5.41, 5.74) is 5.36. The van der Waals surface area contributed by atoms with E-state index in [1.165, 1.54) is 0 Å². The molecule has 0 aliphatic carbocycles. The first-order chi connectivity index (χ1) is 9.54. The van der Waals surface area contributed by atoms with Crippen molar-refractivity contribution < 1.29 is 13.2 Å². The Balaban J connectivity index is 2.12. The first-order valence-electron chi connectivity index (χ1n) is 6.97.